The number of rotatable bonds is 7. The Morgan fingerprint density at radius 3 is 2.25 bits per heavy atom. The van der Waals surface area contributed by atoms with Crippen molar-refractivity contribution in [2.45, 2.75) is 32.9 Å². The zero-order valence-electron chi connectivity index (χ0n) is 14.8. The van der Waals surface area contributed by atoms with Gasteiger partial charge >= 0.3 is 16.1 Å². The summed E-state index contributed by atoms with van der Waals surface area (Å²) in [7, 11) is -1.97. The predicted octanol–water partition coefficient (Wildman–Crippen LogP) is 1.98. The summed E-state index contributed by atoms with van der Waals surface area (Å²) in [5.41, 5.74) is 0.520. The molecule has 0 heterocycles. The van der Waals surface area contributed by atoms with Crippen molar-refractivity contribution in [2.24, 2.45) is 0 Å². The lowest BCUT2D eigenvalue weighted by Gasteiger charge is -2.28. The molecule has 2 amide bonds. The summed E-state index contributed by atoms with van der Waals surface area (Å²) < 4.78 is 32.1. The van der Waals surface area contributed by atoms with E-state index in [-0.39, 0.29) is 17.3 Å². The Labute approximate surface area is 144 Å². The Morgan fingerprint density at radius 2 is 1.79 bits per heavy atom. The van der Waals surface area contributed by atoms with Crippen LogP contribution in [0, 0.1) is 0 Å². The van der Waals surface area contributed by atoms with E-state index in [4.69, 9.17) is 8.92 Å². The van der Waals surface area contributed by atoms with Crippen LogP contribution in [-0.2, 0) is 21.4 Å². The molecule has 1 N–H and O–H groups in total. The lowest BCUT2D eigenvalue weighted by molar-refractivity contribution is 0.142. The molecule has 7 nitrogen and oxygen atoms in total. The maximum atomic E-state index is 12.4. The fourth-order valence-corrected chi connectivity index (χ4v) is 2.36. The second kappa shape index (κ2) is 8.34. The van der Waals surface area contributed by atoms with Gasteiger partial charge in [-0.05, 0) is 38.5 Å². The maximum absolute atomic E-state index is 12.4. The molecule has 0 unspecified atom stereocenters. The number of amides is 2. The van der Waals surface area contributed by atoms with Crippen LogP contribution >= 0.6 is 0 Å². The Bertz CT molecular complexity index is 635. The number of carbonyl (C=O) groups is 1. The van der Waals surface area contributed by atoms with Crippen molar-refractivity contribution in [3.63, 3.8) is 0 Å². The minimum absolute atomic E-state index is 0.184. The number of hydrogen-bond acceptors (Lipinski definition) is 5. The molecule has 0 saturated heterocycles. The number of ether oxygens (including phenoxy) is 1. The first-order valence-corrected chi connectivity index (χ1v) is 9.36. The number of urea groups is 1. The Hall–Kier alpha value is -1.80. The summed E-state index contributed by atoms with van der Waals surface area (Å²) in [6.07, 6.45) is 0.990. The second-order valence-electron chi connectivity index (χ2n) is 6.53. The number of benzene rings is 1. The molecule has 0 radical (unpaired) electrons. The number of hydrogen-bond donors (Lipinski definition) is 1. The van der Waals surface area contributed by atoms with Crippen LogP contribution in [-0.4, -0.2) is 51.4 Å². The highest BCUT2D eigenvalue weighted by molar-refractivity contribution is 7.86. The summed E-state index contributed by atoms with van der Waals surface area (Å²) in [5.74, 6) is 0.240. The summed E-state index contributed by atoms with van der Waals surface area (Å²) >= 11 is 0. The first-order valence-electron chi connectivity index (χ1n) is 7.54. The van der Waals surface area contributed by atoms with Crippen molar-refractivity contribution in [1.82, 2.24) is 10.2 Å². The molecule has 0 bridgehead atoms. The van der Waals surface area contributed by atoms with Crippen LogP contribution < -0.4 is 9.50 Å². The molecule has 1 aromatic carbocycles. The van der Waals surface area contributed by atoms with Gasteiger partial charge in [0.2, 0.25) is 0 Å². The molecule has 8 heteroatoms. The van der Waals surface area contributed by atoms with Gasteiger partial charge in [-0.1, -0.05) is 12.1 Å². The molecular weight excluding hydrogens is 332 g/mol. The van der Waals surface area contributed by atoms with E-state index in [2.05, 4.69) is 5.32 Å². The molecule has 0 aromatic heterocycles. The topological polar surface area (TPSA) is 84.9 Å². The Morgan fingerprint density at radius 1 is 1.21 bits per heavy atom. The Balaban J connectivity index is 2.80. The third-order valence-electron chi connectivity index (χ3n) is 2.88. The van der Waals surface area contributed by atoms with Crippen molar-refractivity contribution in [1.29, 1.82) is 0 Å². The maximum Gasteiger partial charge on any atom is 0.318 e. The molecule has 1 rings (SSSR count). The normalized spacial score (nSPS) is 11.9. The van der Waals surface area contributed by atoms with Crippen molar-refractivity contribution in [2.75, 3.05) is 26.5 Å². The second-order valence-corrected chi connectivity index (χ2v) is 8.10. The van der Waals surface area contributed by atoms with Gasteiger partial charge in [-0.3, -0.25) is 0 Å². The average Bonchev–Trinajstić information content (AvgIpc) is 2.41. The fourth-order valence-electron chi connectivity index (χ4n) is 1.90. The van der Waals surface area contributed by atoms with Crippen LogP contribution in [0.15, 0.2) is 24.3 Å². The zero-order chi connectivity index (χ0) is 18.4. The molecular formula is C16H26N2O5S. The molecule has 0 saturated carbocycles. The largest absolute Gasteiger partial charge is 0.383 e. The van der Waals surface area contributed by atoms with Gasteiger partial charge in [-0.15, -0.1) is 0 Å². The quantitative estimate of drug-likeness (QED) is 0.754. The van der Waals surface area contributed by atoms with E-state index in [0.29, 0.717) is 19.7 Å². The number of nitrogens with one attached hydrogen (secondary N) is 1. The van der Waals surface area contributed by atoms with Crippen LogP contribution in [0.5, 0.6) is 5.75 Å². The highest BCUT2D eigenvalue weighted by Gasteiger charge is 2.19. The highest BCUT2D eigenvalue weighted by Crippen LogP contribution is 2.15. The van der Waals surface area contributed by atoms with Crippen LogP contribution in [0.4, 0.5) is 4.79 Å². The average molecular weight is 358 g/mol. The first-order chi connectivity index (χ1) is 11.0. The minimum atomic E-state index is -3.55. The monoisotopic (exact) mass is 358 g/mol. The molecule has 0 aliphatic rings. The van der Waals surface area contributed by atoms with E-state index in [0.717, 1.165) is 11.8 Å². The molecule has 0 aliphatic heterocycles. The lowest BCUT2D eigenvalue weighted by Crippen LogP contribution is -2.49. The fraction of sp³-hybridized carbons (Fsp3) is 0.562. The molecule has 1 aromatic rings. The van der Waals surface area contributed by atoms with Gasteiger partial charge in [0.05, 0.1) is 12.9 Å². The molecule has 0 atom stereocenters. The van der Waals surface area contributed by atoms with E-state index < -0.39 is 10.1 Å². The van der Waals surface area contributed by atoms with Gasteiger partial charge in [0.1, 0.15) is 5.75 Å². The summed E-state index contributed by atoms with van der Waals surface area (Å²) in [6.45, 7) is 6.99. The van der Waals surface area contributed by atoms with Gasteiger partial charge in [0.25, 0.3) is 0 Å². The summed E-state index contributed by atoms with van der Waals surface area (Å²) in [5, 5.41) is 2.92. The van der Waals surface area contributed by atoms with Crippen molar-refractivity contribution in [3.8, 4) is 5.75 Å². The zero-order valence-corrected chi connectivity index (χ0v) is 15.6. The molecule has 0 aliphatic carbocycles. The summed E-state index contributed by atoms with van der Waals surface area (Å²) in [6, 6.07) is 6.39. The van der Waals surface area contributed by atoms with Crippen molar-refractivity contribution >= 4 is 16.1 Å². The van der Waals surface area contributed by atoms with Crippen LogP contribution in [0.25, 0.3) is 0 Å². The van der Waals surface area contributed by atoms with E-state index in [1.165, 1.54) is 0 Å². The van der Waals surface area contributed by atoms with Crippen molar-refractivity contribution in [3.05, 3.63) is 29.8 Å². The van der Waals surface area contributed by atoms with E-state index in [9.17, 15) is 13.2 Å². The Kier molecular flexibility index (Phi) is 7.04. The molecule has 24 heavy (non-hydrogen) atoms. The van der Waals surface area contributed by atoms with E-state index in [1.54, 1.807) is 36.3 Å². The van der Waals surface area contributed by atoms with Crippen LogP contribution in [0.3, 0.4) is 0 Å². The lowest BCUT2D eigenvalue weighted by atomic mass is 10.1. The van der Waals surface area contributed by atoms with E-state index in [1.807, 2.05) is 20.8 Å². The van der Waals surface area contributed by atoms with Gasteiger partial charge in [0.15, 0.2) is 0 Å². The van der Waals surface area contributed by atoms with E-state index >= 15 is 0 Å². The first kappa shape index (κ1) is 20.2. The third-order valence-corrected chi connectivity index (χ3v) is 3.37. The van der Waals surface area contributed by atoms with Gasteiger partial charge < -0.3 is 19.1 Å². The molecule has 136 valence electrons. The third kappa shape index (κ3) is 8.16. The number of methoxy groups -OCH3 is 1. The summed E-state index contributed by atoms with van der Waals surface area (Å²) in [4.78, 5) is 14.0. The predicted molar refractivity (Wildman–Crippen MR) is 92.5 cm³/mol. The smallest absolute Gasteiger partial charge is 0.318 e. The standard InChI is InChI=1S/C16H26N2O5S/c1-16(2,3)17-15(19)18(10-11-22-4)12-13-6-8-14(9-7-13)23-24(5,20)21/h6-9H,10-12H2,1-5H3,(H,17,19). The van der Waals surface area contributed by atoms with Gasteiger partial charge in [-0.25, -0.2) is 4.79 Å². The number of nitrogens with zero attached hydrogens (tertiary/aromatic N) is 1. The van der Waals surface area contributed by atoms with Gasteiger partial charge in [-0.2, -0.15) is 8.42 Å². The van der Waals surface area contributed by atoms with Crippen molar-refractivity contribution < 1.29 is 22.1 Å². The van der Waals surface area contributed by atoms with Gasteiger partial charge in [0, 0.05) is 25.7 Å². The molecule has 0 spiro atoms. The highest BCUT2D eigenvalue weighted by atomic mass is 32.2. The molecule has 0 fully saturated rings. The van der Waals surface area contributed by atoms with Crippen LogP contribution in [0.2, 0.25) is 0 Å². The SMILES string of the molecule is COCCN(Cc1ccc(OS(C)(=O)=O)cc1)C(=O)NC(C)(C)C. The van der Waals surface area contributed by atoms with Crippen LogP contribution in [0.1, 0.15) is 26.3 Å². The number of carbonyl (C=O) groups excluding carboxylic acids is 1. The minimum Gasteiger partial charge on any atom is -0.383 e.